The molecule has 2 heteroatoms. The highest BCUT2D eigenvalue weighted by Crippen LogP contribution is 1.96. The van der Waals surface area contributed by atoms with Gasteiger partial charge in [0.05, 0.1) is 0 Å². The van der Waals surface area contributed by atoms with Gasteiger partial charge in [0, 0.05) is 18.0 Å². The average Bonchev–Trinajstić information content (AvgIpc) is 2.05. The van der Waals surface area contributed by atoms with Crippen LogP contribution in [0.3, 0.4) is 0 Å². The van der Waals surface area contributed by atoms with Crippen molar-refractivity contribution < 1.29 is 4.79 Å². The van der Waals surface area contributed by atoms with Crippen molar-refractivity contribution in [3.8, 4) is 0 Å². The molecule has 10 heavy (non-hydrogen) atoms. The number of ketones is 1. The Morgan fingerprint density at radius 3 is 3.00 bits per heavy atom. The second-order valence-corrected chi connectivity index (χ2v) is 1.81. The summed E-state index contributed by atoms with van der Waals surface area (Å²) in [5, 5.41) is 0. The molecule has 0 spiro atoms. The Hall–Kier alpha value is -1.44. The van der Waals surface area contributed by atoms with Gasteiger partial charge < -0.3 is 0 Å². The van der Waals surface area contributed by atoms with Crippen LogP contribution >= 0.6 is 0 Å². The summed E-state index contributed by atoms with van der Waals surface area (Å²) >= 11 is 0. The van der Waals surface area contributed by atoms with Crippen LogP contribution in [0.15, 0.2) is 37.2 Å². The quantitative estimate of drug-likeness (QED) is 0.451. The van der Waals surface area contributed by atoms with Gasteiger partial charge in [-0.15, -0.1) is 0 Å². The van der Waals surface area contributed by atoms with Crippen molar-refractivity contribution in [1.82, 2.24) is 4.98 Å². The lowest BCUT2D eigenvalue weighted by atomic mass is 10.2. The fourth-order valence-electron chi connectivity index (χ4n) is 0.626. The van der Waals surface area contributed by atoms with E-state index in [2.05, 4.69) is 11.6 Å². The molecule has 0 aliphatic carbocycles. The van der Waals surface area contributed by atoms with Gasteiger partial charge >= 0.3 is 0 Å². The van der Waals surface area contributed by atoms with Crippen LogP contribution in [0.1, 0.15) is 10.4 Å². The second-order valence-electron chi connectivity index (χ2n) is 1.81. The van der Waals surface area contributed by atoms with Gasteiger partial charge in [0.25, 0.3) is 0 Å². The van der Waals surface area contributed by atoms with E-state index in [-0.39, 0.29) is 5.78 Å². The predicted molar refractivity (Wildman–Crippen MR) is 38.8 cm³/mol. The minimum Gasteiger partial charge on any atom is -0.289 e. The number of carbonyl (C=O) groups excluding carboxylic acids is 1. The van der Waals surface area contributed by atoms with Crippen molar-refractivity contribution >= 4 is 5.78 Å². The first-order chi connectivity index (χ1) is 4.84. The van der Waals surface area contributed by atoms with Gasteiger partial charge in [-0.3, -0.25) is 9.78 Å². The fraction of sp³-hybridized carbons (Fsp3) is 0. The molecule has 1 heterocycles. The zero-order valence-electron chi connectivity index (χ0n) is 5.45. The Morgan fingerprint density at radius 1 is 1.70 bits per heavy atom. The first kappa shape index (κ1) is 6.68. The maximum Gasteiger partial charge on any atom is 0.186 e. The molecule has 2 nitrogen and oxygen atoms in total. The molecule has 0 atom stereocenters. The molecule has 0 unspecified atom stereocenters. The van der Waals surface area contributed by atoms with Crippen molar-refractivity contribution in [2.24, 2.45) is 0 Å². The minimum atomic E-state index is -0.0897. The van der Waals surface area contributed by atoms with Crippen molar-refractivity contribution in [3.63, 3.8) is 0 Å². The van der Waals surface area contributed by atoms with Gasteiger partial charge in [0.15, 0.2) is 5.78 Å². The normalized spacial score (nSPS) is 8.80. The van der Waals surface area contributed by atoms with Gasteiger partial charge in [-0.2, -0.15) is 0 Å². The lowest BCUT2D eigenvalue weighted by Crippen LogP contribution is -1.92. The predicted octanol–water partition coefficient (Wildman–Crippen LogP) is 1.45. The molecule has 0 fully saturated rings. The third kappa shape index (κ3) is 1.29. The second kappa shape index (κ2) is 2.92. The molecule has 0 saturated heterocycles. The lowest BCUT2D eigenvalue weighted by molar-refractivity contribution is 0.104. The van der Waals surface area contributed by atoms with Crippen LogP contribution in [0.25, 0.3) is 0 Å². The Labute approximate surface area is 59.2 Å². The molecular weight excluding hydrogens is 126 g/mol. The van der Waals surface area contributed by atoms with Crippen LogP contribution in [0.5, 0.6) is 0 Å². The van der Waals surface area contributed by atoms with E-state index >= 15 is 0 Å². The molecule has 0 aliphatic rings. The summed E-state index contributed by atoms with van der Waals surface area (Å²) in [5.41, 5.74) is 0.581. The Balaban J connectivity index is 2.95. The minimum absolute atomic E-state index is 0.0897. The molecule has 0 bridgehead atoms. The number of allylic oxidation sites excluding steroid dienone is 1. The third-order valence-electron chi connectivity index (χ3n) is 1.13. The topological polar surface area (TPSA) is 30.0 Å². The summed E-state index contributed by atoms with van der Waals surface area (Å²) in [6, 6.07) is 3.42. The van der Waals surface area contributed by atoms with E-state index < -0.39 is 0 Å². The highest BCUT2D eigenvalue weighted by molar-refractivity contribution is 6.03. The molecule has 1 aromatic rings. The first-order valence-electron chi connectivity index (χ1n) is 2.91. The van der Waals surface area contributed by atoms with Gasteiger partial charge in [-0.25, -0.2) is 0 Å². The lowest BCUT2D eigenvalue weighted by Gasteiger charge is -1.90. The average molecular weight is 133 g/mol. The van der Waals surface area contributed by atoms with Crippen LogP contribution in [-0.4, -0.2) is 10.8 Å². The highest BCUT2D eigenvalue weighted by Gasteiger charge is 1.96. The van der Waals surface area contributed by atoms with Crippen LogP contribution in [0.4, 0.5) is 0 Å². The molecule has 1 rings (SSSR count). The largest absolute Gasteiger partial charge is 0.289 e. The third-order valence-corrected chi connectivity index (χ3v) is 1.13. The first-order valence-corrected chi connectivity index (χ1v) is 2.91. The molecule has 1 aromatic heterocycles. The van der Waals surface area contributed by atoms with E-state index in [0.717, 1.165) is 0 Å². The number of hydrogen-bond acceptors (Lipinski definition) is 2. The number of hydrogen-bond donors (Lipinski definition) is 0. The van der Waals surface area contributed by atoms with Crippen molar-refractivity contribution in [2.75, 3.05) is 0 Å². The summed E-state index contributed by atoms with van der Waals surface area (Å²) in [6.07, 6.45) is 4.42. The molecule has 0 saturated carbocycles. The SMILES string of the molecule is C=CC(=O)c1cccnc1. The summed E-state index contributed by atoms with van der Waals surface area (Å²) in [7, 11) is 0. The van der Waals surface area contributed by atoms with Crippen molar-refractivity contribution in [3.05, 3.63) is 42.7 Å². The van der Waals surface area contributed by atoms with E-state index in [1.807, 2.05) is 0 Å². The molecule has 0 N–H and O–H groups in total. The van der Waals surface area contributed by atoms with E-state index in [1.54, 1.807) is 18.3 Å². The summed E-state index contributed by atoms with van der Waals surface area (Å²) < 4.78 is 0. The number of rotatable bonds is 2. The smallest absolute Gasteiger partial charge is 0.186 e. The van der Waals surface area contributed by atoms with Gasteiger partial charge in [-0.1, -0.05) is 6.58 Å². The Bertz CT molecular complexity index is 241. The van der Waals surface area contributed by atoms with E-state index in [1.165, 1.54) is 12.3 Å². The maximum atomic E-state index is 10.9. The number of carbonyl (C=O) groups is 1. The maximum absolute atomic E-state index is 10.9. The fourth-order valence-corrected chi connectivity index (χ4v) is 0.626. The van der Waals surface area contributed by atoms with Gasteiger partial charge in [-0.05, 0) is 18.2 Å². The molecule has 0 radical (unpaired) electrons. The molecule has 0 aliphatic heterocycles. The van der Waals surface area contributed by atoms with Gasteiger partial charge in [0.2, 0.25) is 0 Å². The Morgan fingerprint density at radius 2 is 2.50 bits per heavy atom. The number of aromatic nitrogens is 1. The zero-order valence-corrected chi connectivity index (χ0v) is 5.45. The van der Waals surface area contributed by atoms with Crippen LogP contribution in [-0.2, 0) is 0 Å². The summed E-state index contributed by atoms with van der Waals surface area (Å²) in [5.74, 6) is -0.0897. The highest BCUT2D eigenvalue weighted by atomic mass is 16.1. The number of pyridine rings is 1. The van der Waals surface area contributed by atoms with E-state index in [9.17, 15) is 4.79 Å². The van der Waals surface area contributed by atoms with E-state index in [0.29, 0.717) is 5.56 Å². The standard InChI is InChI=1S/C8H7NO/c1-2-8(10)7-4-3-5-9-6-7/h2-6H,1H2. The monoisotopic (exact) mass is 133 g/mol. The van der Waals surface area contributed by atoms with Crippen LogP contribution < -0.4 is 0 Å². The van der Waals surface area contributed by atoms with E-state index in [4.69, 9.17) is 0 Å². The molecular formula is C8H7NO. The van der Waals surface area contributed by atoms with Crippen LogP contribution in [0, 0.1) is 0 Å². The number of nitrogens with zero attached hydrogens (tertiary/aromatic N) is 1. The Kier molecular flexibility index (Phi) is 1.95. The molecule has 0 aromatic carbocycles. The zero-order chi connectivity index (χ0) is 7.40. The van der Waals surface area contributed by atoms with Crippen LogP contribution in [0.2, 0.25) is 0 Å². The summed E-state index contributed by atoms with van der Waals surface area (Å²) in [6.45, 7) is 3.36. The van der Waals surface area contributed by atoms with Crippen molar-refractivity contribution in [1.29, 1.82) is 0 Å². The van der Waals surface area contributed by atoms with Gasteiger partial charge in [0.1, 0.15) is 0 Å². The molecule has 0 amide bonds. The van der Waals surface area contributed by atoms with Crippen molar-refractivity contribution in [2.45, 2.75) is 0 Å². The molecule has 50 valence electrons. The summed E-state index contributed by atoms with van der Waals surface area (Å²) in [4.78, 5) is 14.6.